The van der Waals surface area contributed by atoms with E-state index in [4.69, 9.17) is 0 Å². The van der Waals surface area contributed by atoms with Crippen molar-refractivity contribution in [2.45, 2.75) is 31.6 Å². The molecule has 3 aromatic rings. The molecule has 7 nitrogen and oxygen atoms in total. The molecule has 2 fully saturated rings. The Labute approximate surface area is 193 Å². The molecule has 0 radical (unpaired) electrons. The van der Waals surface area contributed by atoms with Gasteiger partial charge in [0, 0.05) is 43.3 Å². The molecule has 0 bridgehead atoms. The van der Waals surface area contributed by atoms with Crippen molar-refractivity contribution >= 4 is 17.6 Å². The summed E-state index contributed by atoms with van der Waals surface area (Å²) in [5.41, 5.74) is 3.47. The van der Waals surface area contributed by atoms with Crippen LogP contribution in [0, 0.1) is 0 Å². The molecule has 2 aromatic carbocycles. The Bertz CT molecular complexity index is 1100. The first kappa shape index (κ1) is 21.2. The van der Waals surface area contributed by atoms with Gasteiger partial charge in [0.15, 0.2) is 0 Å². The molecule has 7 heteroatoms. The number of hydrogen-bond acceptors (Lipinski definition) is 3. The number of carbonyl (C=O) groups excluding carboxylic acids is 2. The zero-order valence-electron chi connectivity index (χ0n) is 18.7. The van der Waals surface area contributed by atoms with Crippen LogP contribution in [0.2, 0.25) is 0 Å². The minimum absolute atomic E-state index is 0.0672. The second-order valence-electron chi connectivity index (χ2n) is 8.84. The van der Waals surface area contributed by atoms with Crippen LogP contribution < -0.4 is 5.32 Å². The molecular formula is C26H29N5O2. The van der Waals surface area contributed by atoms with E-state index in [0.29, 0.717) is 17.8 Å². The lowest BCUT2D eigenvalue weighted by Gasteiger charge is -2.32. The number of aromatic amines is 1. The lowest BCUT2D eigenvalue weighted by Crippen LogP contribution is -2.41. The van der Waals surface area contributed by atoms with Crippen LogP contribution >= 0.6 is 0 Å². The molecule has 2 aliphatic heterocycles. The topological polar surface area (TPSA) is 81.3 Å². The first-order valence-corrected chi connectivity index (χ1v) is 11.7. The van der Waals surface area contributed by atoms with E-state index in [-0.39, 0.29) is 17.9 Å². The summed E-state index contributed by atoms with van der Waals surface area (Å²) < 4.78 is 0. The van der Waals surface area contributed by atoms with Gasteiger partial charge in [-0.1, -0.05) is 30.3 Å². The van der Waals surface area contributed by atoms with Gasteiger partial charge in [-0.15, -0.1) is 0 Å². The molecule has 2 saturated heterocycles. The highest BCUT2D eigenvalue weighted by Gasteiger charge is 2.27. The van der Waals surface area contributed by atoms with Gasteiger partial charge in [-0.3, -0.25) is 4.79 Å². The Morgan fingerprint density at radius 2 is 1.64 bits per heavy atom. The van der Waals surface area contributed by atoms with Crippen LogP contribution in [0.1, 0.15) is 47.8 Å². The second-order valence-corrected chi connectivity index (χ2v) is 8.84. The van der Waals surface area contributed by atoms with Gasteiger partial charge in [0.2, 0.25) is 0 Å². The van der Waals surface area contributed by atoms with Crippen LogP contribution in [0.15, 0.2) is 60.8 Å². The number of rotatable bonds is 4. The van der Waals surface area contributed by atoms with E-state index < -0.39 is 0 Å². The highest BCUT2D eigenvalue weighted by Crippen LogP contribution is 2.27. The second kappa shape index (κ2) is 9.48. The molecule has 3 amide bonds. The van der Waals surface area contributed by atoms with E-state index in [1.165, 1.54) is 0 Å². The maximum atomic E-state index is 12.9. The minimum atomic E-state index is -0.117. The Morgan fingerprint density at radius 1 is 0.909 bits per heavy atom. The Morgan fingerprint density at radius 3 is 2.39 bits per heavy atom. The average molecular weight is 444 g/mol. The zero-order valence-corrected chi connectivity index (χ0v) is 18.7. The van der Waals surface area contributed by atoms with Crippen molar-refractivity contribution < 1.29 is 9.59 Å². The number of carbonyl (C=O) groups is 2. The van der Waals surface area contributed by atoms with Crippen LogP contribution in [0.25, 0.3) is 11.3 Å². The summed E-state index contributed by atoms with van der Waals surface area (Å²) in [6, 6.07) is 17.2. The van der Waals surface area contributed by atoms with Crippen LogP contribution in [0.3, 0.4) is 0 Å². The van der Waals surface area contributed by atoms with Gasteiger partial charge in [-0.05, 0) is 55.5 Å². The average Bonchev–Trinajstić information content (AvgIpc) is 3.58. The number of imidazole rings is 1. The van der Waals surface area contributed by atoms with Crippen molar-refractivity contribution in [1.29, 1.82) is 0 Å². The lowest BCUT2D eigenvalue weighted by atomic mass is 9.97. The largest absolute Gasteiger partial charge is 0.342 e. The van der Waals surface area contributed by atoms with Crippen molar-refractivity contribution in [2.75, 3.05) is 31.5 Å². The smallest absolute Gasteiger partial charge is 0.321 e. The molecule has 5 rings (SSSR count). The number of aromatic nitrogens is 2. The number of anilines is 1. The van der Waals surface area contributed by atoms with E-state index >= 15 is 0 Å². The predicted octanol–water partition coefficient (Wildman–Crippen LogP) is 4.72. The molecular weight excluding hydrogens is 414 g/mol. The highest BCUT2D eigenvalue weighted by molar-refractivity contribution is 5.95. The van der Waals surface area contributed by atoms with Crippen LogP contribution in [0.4, 0.5) is 10.5 Å². The number of nitrogens with zero attached hydrogens (tertiary/aromatic N) is 3. The molecule has 2 aliphatic rings. The summed E-state index contributed by atoms with van der Waals surface area (Å²) in [4.78, 5) is 37.2. The standard InChI is InChI=1S/C26H29N5O2/c32-25(30-14-4-5-15-30)20-10-12-22(13-11-20)28-26(33)31-16-6-9-21(18-31)24-27-17-23(29-24)19-7-2-1-3-8-19/h1-3,7-8,10-13,17,21H,4-6,9,14-16,18H2,(H,27,29)(H,28,33). The SMILES string of the molecule is O=C(Nc1ccc(C(=O)N2CCCC2)cc1)N1CCCC(c2ncc(-c3ccccc3)[nH]2)C1. The molecule has 170 valence electrons. The van der Waals surface area contributed by atoms with Crippen LogP contribution in [-0.4, -0.2) is 57.9 Å². The van der Waals surface area contributed by atoms with Gasteiger partial charge in [0.1, 0.15) is 5.82 Å². The van der Waals surface area contributed by atoms with Gasteiger partial charge in [0.05, 0.1) is 11.9 Å². The number of urea groups is 1. The fourth-order valence-corrected chi connectivity index (χ4v) is 4.69. The summed E-state index contributed by atoms with van der Waals surface area (Å²) in [5, 5.41) is 2.98. The third kappa shape index (κ3) is 4.77. The summed E-state index contributed by atoms with van der Waals surface area (Å²) in [7, 11) is 0. The van der Waals surface area contributed by atoms with Crippen molar-refractivity contribution in [3.8, 4) is 11.3 Å². The third-order valence-electron chi connectivity index (χ3n) is 6.55. The molecule has 3 heterocycles. The van der Waals surface area contributed by atoms with Crippen molar-refractivity contribution in [3.63, 3.8) is 0 Å². The number of hydrogen-bond donors (Lipinski definition) is 2. The van der Waals surface area contributed by atoms with E-state index in [2.05, 4.69) is 27.4 Å². The van der Waals surface area contributed by atoms with Crippen LogP contribution in [-0.2, 0) is 0 Å². The Kier molecular flexibility index (Phi) is 6.11. The maximum Gasteiger partial charge on any atom is 0.321 e. The number of H-pyrrole nitrogens is 1. The van der Waals surface area contributed by atoms with E-state index in [1.807, 2.05) is 34.2 Å². The summed E-state index contributed by atoms with van der Waals surface area (Å²) in [6.45, 7) is 3.01. The van der Waals surface area contributed by atoms with Crippen LogP contribution in [0.5, 0.6) is 0 Å². The number of benzene rings is 2. The normalized spacial score (nSPS) is 18.4. The van der Waals surface area contributed by atoms with Gasteiger partial charge in [-0.2, -0.15) is 0 Å². The quantitative estimate of drug-likeness (QED) is 0.612. The minimum Gasteiger partial charge on any atom is -0.342 e. The number of nitrogens with one attached hydrogen (secondary N) is 2. The van der Waals surface area contributed by atoms with Gasteiger partial charge in [0.25, 0.3) is 5.91 Å². The van der Waals surface area contributed by atoms with E-state index in [0.717, 1.165) is 62.4 Å². The number of piperidine rings is 1. The summed E-state index contributed by atoms with van der Waals surface area (Å²) >= 11 is 0. The van der Waals surface area contributed by atoms with Crippen molar-refractivity contribution in [3.05, 3.63) is 72.2 Å². The molecule has 0 saturated carbocycles. The highest BCUT2D eigenvalue weighted by atomic mass is 16.2. The summed E-state index contributed by atoms with van der Waals surface area (Å²) in [6.07, 6.45) is 5.95. The molecule has 0 spiro atoms. The maximum absolute atomic E-state index is 12.9. The van der Waals surface area contributed by atoms with Gasteiger partial charge >= 0.3 is 6.03 Å². The zero-order chi connectivity index (χ0) is 22.6. The van der Waals surface area contributed by atoms with Gasteiger partial charge < -0.3 is 20.1 Å². The first-order valence-electron chi connectivity index (χ1n) is 11.7. The fourth-order valence-electron chi connectivity index (χ4n) is 4.69. The molecule has 2 N–H and O–H groups in total. The van der Waals surface area contributed by atoms with E-state index in [1.54, 1.807) is 24.3 Å². The van der Waals surface area contributed by atoms with Gasteiger partial charge in [-0.25, -0.2) is 9.78 Å². The van der Waals surface area contributed by atoms with Crippen molar-refractivity contribution in [2.24, 2.45) is 0 Å². The predicted molar refractivity (Wildman–Crippen MR) is 128 cm³/mol. The van der Waals surface area contributed by atoms with E-state index in [9.17, 15) is 9.59 Å². The Hall–Kier alpha value is -3.61. The molecule has 1 atom stereocenters. The molecule has 33 heavy (non-hydrogen) atoms. The molecule has 0 aliphatic carbocycles. The number of likely N-dealkylation sites (tertiary alicyclic amines) is 2. The third-order valence-corrected chi connectivity index (χ3v) is 6.55. The Balaban J connectivity index is 1.20. The number of amides is 3. The fraction of sp³-hybridized carbons (Fsp3) is 0.346. The molecule has 1 unspecified atom stereocenters. The summed E-state index contributed by atoms with van der Waals surface area (Å²) in [5.74, 6) is 1.18. The first-order chi connectivity index (χ1) is 16.2. The van der Waals surface area contributed by atoms with Crippen molar-refractivity contribution in [1.82, 2.24) is 19.8 Å². The lowest BCUT2D eigenvalue weighted by molar-refractivity contribution is 0.0793. The monoisotopic (exact) mass is 443 g/mol. The molecule has 1 aromatic heterocycles.